The standard InChI is InChI=1S/C27H24F2N2O4.C18H12Cl2F3N3O.C13H12BrN.C12H8Cl2FN/c1-15(11-23(32)25(33)16-12-17(28)14-18(29)13-16)26(34)30-24-21-9-4-3-7-19(21)20-8-5-6-10-22(20)31(2)27(24)35;1-26-8-12(16(25-26)17(22)23)18(27)24-15-5-3-10(21)7-11(15)9-2-4-13(19)14(20)6-9;1-15-13-9-5-3-7-11(13)10-6-2-4-8-12(10)14;13-10-3-1-7(5-11(10)14)9-6-8(15)2-4-12(9)16/h3-10,12-15,24-25,33H,11H2,1-2H3,(H,30,34);2-8,17H,1H3,(H,24,27);2-9,15H,1H3;1-6H,16H2/t15-,24+,25+;;;/m1.../s1. The quantitative estimate of drug-likeness (QED) is 0.0561. The molecule has 0 saturated carbocycles. The number of nitrogen functional groups attached to an aromatic ring is 1. The molecule has 12 nitrogen and oxygen atoms in total. The predicted octanol–water partition coefficient (Wildman–Crippen LogP) is 18.4. The number of aryl methyl sites for hydroxylation is 1. The number of anilines is 4. The Morgan fingerprint density at radius 3 is 1.78 bits per heavy atom. The van der Waals surface area contributed by atoms with Gasteiger partial charge in [0.25, 0.3) is 18.2 Å². The average molecular weight is 1410 g/mol. The molecule has 6 N–H and O–H groups in total. The van der Waals surface area contributed by atoms with Crippen LogP contribution in [0, 0.1) is 29.2 Å². The number of hydrogen-bond acceptors (Lipinski definition) is 8. The summed E-state index contributed by atoms with van der Waals surface area (Å²) in [7, 11) is 5.00. The van der Waals surface area contributed by atoms with Gasteiger partial charge >= 0.3 is 0 Å². The number of amides is 3. The fraction of sp³-hybridized carbons (Fsp3) is 0.129. The third-order valence-electron chi connectivity index (χ3n) is 14.5. The first-order valence-corrected chi connectivity index (χ1v) is 30.5. The lowest BCUT2D eigenvalue weighted by molar-refractivity contribution is -0.134. The van der Waals surface area contributed by atoms with E-state index >= 15 is 0 Å². The smallest absolute Gasteiger partial charge is 0.282 e. The van der Waals surface area contributed by atoms with Crippen LogP contribution in [-0.4, -0.2) is 52.5 Å². The van der Waals surface area contributed by atoms with Gasteiger partial charge in [0.05, 0.1) is 31.3 Å². The summed E-state index contributed by atoms with van der Waals surface area (Å²) in [6.45, 7) is 1.48. The normalized spacial score (nSPS) is 12.8. The zero-order valence-corrected chi connectivity index (χ0v) is 54.3. The fourth-order valence-electron chi connectivity index (χ4n) is 9.90. The van der Waals surface area contributed by atoms with E-state index in [0.29, 0.717) is 54.8 Å². The van der Waals surface area contributed by atoms with Gasteiger partial charge in [0.1, 0.15) is 41.1 Å². The van der Waals surface area contributed by atoms with E-state index in [1.165, 1.54) is 78.7 Å². The Hall–Kier alpha value is -8.95. The highest BCUT2D eigenvalue weighted by Crippen LogP contribution is 2.41. The van der Waals surface area contributed by atoms with Gasteiger partial charge in [0.15, 0.2) is 5.78 Å². The maximum atomic E-state index is 13.8. The summed E-state index contributed by atoms with van der Waals surface area (Å²) in [5.41, 5.74) is 14.1. The third-order valence-corrected chi connectivity index (χ3v) is 16.7. The highest BCUT2D eigenvalue weighted by Gasteiger charge is 2.35. The molecule has 9 aromatic carbocycles. The van der Waals surface area contributed by atoms with E-state index < -0.39 is 65.2 Å². The second-order valence-corrected chi connectivity index (χ2v) is 23.4. The second-order valence-electron chi connectivity index (χ2n) is 20.9. The molecule has 0 aliphatic carbocycles. The van der Waals surface area contributed by atoms with Gasteiger partial charge in [-0.05, 0) is 124 Å². The van der Waals surface area contributed by atoms with Crippen LogP contribution in [0.5, 0.6) is 0 Å². The first-order valence-electron chi connectivity index (χ1n) is 28.2. The van der Waals surface area contributed by atoms with Gasteiger partial charge in [-0.1, -0.05) is 160 Å². The molecule has 93 heavy (non-hydrogen) atoms. The molecule has 3 amide bonds. The molecule has 1 aromatic heterocycles. The summed E-state index contributed by atoms with van der Waals surface area (Å²) in [6.07, 6.45) is -3.88. The molecule has 0 fully saturated rings. The number of aromatic nitrogens is 2. The lowest BCUT2D eigenvalue weighted by Gasteiger charge is -2.24. The number of halogens is 11. The average Bonchev–Trinajstić information content (AvgIpc) is 1.88. The number of hydrogen-bond donors (Lipinski definition) is 5. The Bertz CT molecular complexity index is 4390. The van der Waals surface area contributed by atoms with Crippen LogP contribution in [0.3, 0.4) is 0 Å². The van der Waals surface area contributed by atoms with Crippen molar-refractivity contribution in [2.24, 2.45) is 13.0 Å². The molecular formula is C70H56BrCl4F6N7O5. The molecule has 3 atom stereocenters. The molecule has 478 valence electrons. The minimum atomic E-state index is -2.91. The van der Waals surface area contributed by atoms with E-state index in [1.807, 2.05) is 61.6 Å². The summed E-state index contributed by atoms with van der Waals surface area (Å²) >= 11 is 27.2. The number of nitrogens with two attached hydrogens (primary N) is 1. The van der Waals surface area contributed by atoms with Crippen molar-refractivity contribution < 1.29 is 50.6 Å². The Morgan fingerprint density at radius 1 is 0.624 bits per heavy atom. The van der Waals surface area contributed by atoms with Crippen molar-refractivity contribution in [3.8, 4) is 44.5 Å². The molecule has 11 rings (SSSR count). The van der Waals surface area contributed by atoms with Crippen LogP contribution < -0.4 is 26.6 Å². The van der Waals surface area contributed by atoms with Crippen molar-refractivity contribution in [1.82, 2.24) is 15.1 Å². The van der Waals surface area contributed by atoms with Crippen LogP contribution in [-0.2, 0) is 21.4 Å². The molecule has 0 bridgehead atoms. The van der Waals surface area contributed by atoms with Crippen LogP contribution in [0.1, 0.15) is 59.1 Å². The number of carbonyl (C=O) groups is 4. The molecule has 10 aromatic rings. The van der Waals surface area contributed by atoms with Crippen molar-refractivity contribution in [3.63, 3.8) is 0 Å². The SMILES string of the molecule is CNc1ccccc1-c1ccccc1Br.C[C@H](CC(=O)[C@@H](O)c1cc(F)cc(F)c1)C(=O)N[C@@H]1C(=O)N(C)c2ccccc2-c2ccccc21.Cn1cc(C(=O)Nc2ccc(F)cc2-c2ccc(Cl)c(Cl)c2)c(C(F)F)n1.Nc1ccc(F)cc1-c1ccc(Cl)c(Cl)c1. The number of ketones is 1. The Labute approximate surface area is 560 Å². The fourth-order valence-corrected chi connectivity index (χ4v) is 11.0. The highest BCUT2D eigenvalue weighted by atomic mass is 79.9. The van der Waals surface area contributed by atoms with E-state index in [4.69, 9.17) is 52.1 Å². The summed E-state index contributed by atoms with van der Waals surface area (Å²) < 4.78 is 82.2. The Balaban J connectivity index is 0.000000169. The Kier molecular flexibility index (Phi) is 23.7. The molecule has 23 heteroatoms. The van der Waals surface area contributed by atoms with Crippen molar-refractivity contribution >= 4 is 109 Å². The number of alkyl halides is 2. The first kappa shape index (κ1) is 69.9. The minimum absolute atomic E-state index is 0.226. The number of benzene rings is 9. The topological polar surface area (TPSA) is 172 Å². The summed E-state index contributed by atoms with van der Waals surface area (Å²) in [4.78, 5) is 52.9. The van der Waals surface area contributed by atoms with Gasteiger partial charge in [0.2, 0.25) is 5.91 Å². The van der Waals surface area contributed by atoms with Crippen LogP contribution in [0.15, 0.2) is 199 Å². The number of Topliss-reactive ketones (excluding diaryl/α,β-unsaturated/α-hetero) is 1. The monoisotopic (exact) mass is 1410 g/mol. The number of nitrogens with one attached hydrogen (secondary N) is 3. The number of carbonyl (C=O) groups excluding carboxylic acids is 4. The number of rotatable bonds is 13. The highest BCUT2D eigenvalue weighted by molar-refractivity contribution is 9.10. The number of aliphatic hydroxyl groups excluding tert-OH is 1. The van der Waals surface area contributed by atoms with E-state index in [9.17, 15) is 50.6 Å². The third kappa shape index (κ3) is 17.4. The molecule has 2 heterocycles. The van der Waals surface area contributed by atoms with Crippen molar-refractivity contribution in [1.29, 1.82) is 0 Å². The lowest BCUT2D eigenvalue weighted by atomic mass is 9.94. The number of nitrogens with zero attached hydrogens (tertiary/aromatic N) is 3. The molecule has 0 spiro atoms. The van der Waals surface area contributed by atoms with Gasteiger partial charge in [-0.3, -0.25) is 23.9 Å². The maximum Gasteiger partial charge on any atom is 0.282 e. The van der Waals surface area contributed by atoms with E-state index in [-0.39, 0.29) is 40.0 Å². The van der Waals surface area contributed by atoms with Gasteiger partial charge in [-0.15, -0.1) is 0 Å². The predicted molar refractivity (Wildman–Crippen MR) is 360 cm³/mol. The summed E-state index contributed by atoms with van der Waals surface area (Å²) in [5, 5.41) is 23.8. The van der Waals surface area contributed by atoms with Crippen LogP contribution >= 0.6 is 62.3 Å². The van der Waals surface area contributed by atoms with Crippen molar-refractivity contribution in [2.45, 2.75) is 31.9 Å². The number of para-hydroxylation sites is 2. The van der Waals surface area contributed by atoms with E-state index in [1.54, 1.807) is 43.4 Å². The van der Waals surface area contributed by atoms with Crippen LogP contribution in [0.4, 0.5) is 49.1 Å². The van der Waals surface area contributed by atoms with Gasteiger partial charge in [-0.25, -0.2) is 26.3 Å². The number of likely N-dealkylation sites (N-methyl/N-ethyl adjacent to an activating group) is 1. The van der Waals surface area contributed by atoms with Gasteiger partial charge in [0, 0.05) is 89.5 Å². The van der Waals surface area contributed by atoms with Crippen LogP contribution in [0.25, 0.3) is 44.5 Å². The van der Waals surface area contributed by atoms with E-state index in [2.05, 4.69) is 67.3 Å². The molecule has 0 unspecified atom stereocenters. The van der Waals surface area contributed by atoms with Crippen molar-refractivity contribution in [2.75, 3.05) is 35.4 Å². The molecule has 0 saturated heterocycles. The largest absolute Gasteiger partial charge is 0.398 e. The van der Waals surface area contributed by atoms with E-state index in [0.717, 1.165) is 49.7 Å². The second kappa shape index (κ2) is 31.6. The lowest BCUT2D eigenvalue weighted by Crippen LogP contribution is -2.43. The molecule has 1 aliphatic rings. The summed E-state index contributed by atoms with van der Waals surface area (Å²) in [6, 6.07) is 50.2. The Morgan fingerprint density at radius 2 is 1.17 bits per heavy atom. The number of fused-ring (bicyclic) bond motifs is 3. The number of aliphatic hydroxyl groups is 1. The molecule has 1 aliphatic heterocycles. The zero-order valence-electron chi connectivity index (χ0n) is 49.6. The molecular weight excluding hydrogens is 1350 g/mol. The zero-order chi connectivity index (χ0) is 67.4. The van der Waals surface area contributed by atoms with Crippen molar-refractivity contribution in [3.05, 3.63) is 264 Å². The summed E-state index contributed by atoms with van der Waals surface area (Å²) in [5.74, 6) is -6.10. The maximum absolute atomic E-state index is 13.8. The minimum Gasteiger partial charge on any atom is -0.398 e. The van der Waals surface area contributed by atoms with Crippen LogP contribution in [0.2, 0.25) is 20.1 Å². The molecule has 0 radical (unpaired) electrons. The van der Waals surface area contributed by atoms with Gasteiger partial charge in [-0.2, -0.15) is 5.10 Å². The van der Waals surface area contributed by atoms with Gasteiger partial charge < -0.3 is 31.7 Å². The first-order chi connectivity index (χ1) is 44.3.